The molecule has 0 heterocycles. The molecule has 0 aromatic carbocycles. The maximum absolute atomic E-state index is 16.1. The van der Waals surface area contributed by atoms with Crippen molar-refractivity contribution in [2.24, 2.45) is 0 Å². The fourth-order valence-electron chi connectivity index (χ4n) is 5.83. The van der Waals surface area contributed by atoms with Crippen LogP contribution < -0.4 is 0 Å². The second-order valence-electron chi connectivity index (χ2n) is 11.3. The quantitative estimate of drug-likeness (QED) is 0.104. The Morgan fingerprint density at radius 3 is 0.552 bits per heavy atom. The van der Waals surface area contributed by atoms with E-state index in [2.05, 4.69) is 0 Å². The van der Waals surface area contributed by atoms with Gasteiger partial charge in [-0.1, -0.05) is 17.9 Å². The SMILES string of the molecule is OC(F)(F)C(F)(F)OC12C(F)(F)C3(OC(F)(F)C(O)(F)F)C(F)(F)C(OC(F)(F)C(F)(F)N(F)F)(C1(F)F)C(F)(F)C(OC(F)(F)C(F)(F)N(F)F)(C2(F)F)C3(F)F. The zero-order valence-corrected chi connectivity index (χ0v) is 24.5. The van der Waals surface area contributed by atoms with E-state index in [1.54, 1.807) is 0 Å². The normalized spacial score (nSPS) is 33.3. The molecule has 58 heavy (non-hydrogen) atoms. The van der Waals surface area contributed by atoms with Gasteiger partial charge in [-0.25, -0.2) is 0 Å². The average Bonchev–Trinajstić information content (AvgIpc) is 2.95. The number of ether oxygens (including phenoxy) is 4. The van der Waals surface area contributed by atoms with Crippen LogP contribution in [0.4, 0.5) is 141 Å². The Balaban J connectivity index is 3.05. The van der Waals surface area contributed by atoms with Gasteiger partial charge in [0.2, 0.25) is 0 Å². The molecular weight excluding hydrogens is 948 g/mol. The molecule has 0 aromatic heterocycles. The summed E-state index contributed by atoms with van der Waals surface area (Å²) in [6, 6.07) is -17.2. The highest BCUT2D eigenvalue weighted by atomic mass is 19.4. The maximum atomic E-state index is 16.1. The summed E-state index contributed by atoms with van der Waals surface area (Å²) in [5.41, 5.74) is -39.9. The molecule has 4 saturated carbocycles. The smallest absolute Gasteiger partial charge is 0.329 e. The Hall–Kier alpha value is -2.56. The zero-order valence-electron chi connectivity index (χ0n) is 24.5. The summed E-state index contributed by atoms with van der Waals surface area (Å²) in [5.74, 6) is -60.2. The van der Waals surface area contributed by atoms with Crippen molar-refractivity contribution >= 4 is 0 Å². The molecule has 0 atom stereocenters. The van der Waals surface area contributed by atoms with Gasteiger partial charge in [0, 0.05) is 0 Å². The Kier molecular flexibility index (Phi) is 10.0. The molecule has 0 aliphatic heterocycles. The molecule has 4 bridgehead atoms. The lowest BCUT2D eigenvalue weighted by molar-refractivity contribution is -0.693. The van der Waals surface area contributed by atoms with Crippen molar-refractivity contribution in [3.8, 4) is 0 Å². The summed E-state index contributed by atoms with van der Waals surface area (Å²) in [6.45, 7) is 0. The minimum absolute atomic E-state index is 1.24. The molecule has 4 rings (SSSR count). The molecule has 8 nitrogen and oxygen atoms in total. The molecule has 4 aliphatic rings. The molecule has 0 spiro atoms. The van der Waals surface area contributed by atoms with Crippen molar-refractivity contribution in [2.45, 2.75) is 107 Å². The van der Waals surface area contributed by atoms with Gasteiger partial charge in [-0.2, -0.15) is 123 Å². The first-order valence-corrected chi connectivity index (χ1v) is 12.5. The molecule has 4 aliphatic carbocycles. The summed E-state index contributed by atoms with van der Waals surface area (Å²) in [7, 11) is 0. The van der Waals surface area contributed by atoms with Crippen molar-refractivity contribution in [3.63, 3.8) is 0 Å². The Morgan fingerprint density at radius 2 is 0.431 bits per heavy atom. The Bertz CT molecular complexity index is 1490. The van der Waals surface area contributed by atoms with Crippen LogP contribution in [-0.4, -0.2) is 128 Å². The van der Waals surface area contributed by atoms with Gasteiger partial charge in [-0.3, -0.25) is 18.9 Å². The second kappa shape index (κ2) is 11.7. The van der Waals surface area contributed by atoms with Gasteiger partial charge in [0.25, 0.3) is 22.4 Å². The van der Waals surface area contributed by atoms with Crippen molar-refractivity contribution < 1.29 is 170 Å². The Labute approximate surface area is 289 Å². The molecule has 2 N–H and O–H groups in total. The zero-order chi connectivity index (χ0) is 47.0. The van der Waals surface area contributed by atoms with E-state index < -0.39 is 117 Å². The molecule has 0 saturated heterocycles. The summed E-state index contributed by atoms with van der Waals surface area (Å²) in [6.07, 6.45) is -52.2. The number of halogens is 32. The van der Waals surface area contributed by atoms with Gasteiger partial charge < -0.3 is 10.2 Å². The van der Waals surface area contributed by atoms with Crippen LogP contribution in [0.15, 0.2) is 0 Å². The molecule has 4 fully saturated rings. The number of aliphatic hydroxyl groups is 2. The van der Waals surface area contributed by atoms with Crippen LogP contribution in [0.5, 0.6) is 0 Å². The molecule has 0 aromatic rings. The van der Waals surface area contributed by atoms with Gasteiger partial charge >= 0.3 is 84.3 Å². The van der Waals surface area contributed by atoms with Crippen molar-refractivity contribution in [1.29, 1.82) is 0 Å². The fourth-order valence-corrected chi connectivity index (χ4v) is 5.83. The van der Waals surface area contributed by atoms with Gasteiger partial charge in [0.15, 0.2) is 0 Å². The second-order valence-corrected chi connectivity index (χ2v) is 11.3. The van der Waals surface area contributed by atoms with Crippen LogP contribution in [0.25, 0.3) is 0 Å². The number of hydrogen-bond acceptors (Lipinski definition) is 8. The average molecular weight is 950 g/mol. The summed E-state index contributed by atoms with van der Waals surface area (Å²) in [4.78, 5) is 0. The van der Waals surface area contributed by atoms with Gasteiger partial charge in [-0.05, 0) is 0 Å². The topological polar surface area (TPSA) is 83.9 Å². The lowest BCUT2D eigenvalue weighted by atomic mass is 9.38. The van der Waals surface area contributed by atoms with E-state index in [9.17, 15) is 88.2 Å². The van der Waals surface area contributed by atoms with Crippen molar-refractivity contribution in [2.75, 3.05) is 0 Å². The molecular formula is C18H2F32N2O6. The minimum atomic E-state index is -10.1. The van der Waals surface area contributed by atoms with E-state index in [0.717, 1.165) is 0 Å². The highest BCUT2D eigenvalue weighted by Gasteiger charge is 3.24. The van der Waals surface area contributed by atoms with E-state index in [4.69, 9.17) is 10.2 Å². The highest BCUT2D eigenvalue weighted by molar-refractivity contribution is 5.55. The van der Waals surface area contributed by atoms with E-state index in [-0.39, 0.29) is 0 Å². The number of hydrogen-bond donors (Lipinski definition) is 2. The first-order chi connectivity index (χ1) is 24.7. The third-order valence-corrected chi connectivity index (χ3v) is 8.26. The third-order valence-electron chi connectivity index (χ3n) is 8.26. The van der Waals surface area contributed by atoms with Crippen LogP contribution in [0.3, 0.4) is 0 Å². The maximum Gasteiger partial charge on any atom is 0.449 e. The largest absolute Gasteiger partial charge is 0.449 e. The lowest BCUT2D eigenvalue weighted by Gasteiger charge is -2.79. The van der Waals surface area contributed by atoms with Crippen molar-refractivity contribution in [3.05, 3.63) is 0 Å². The van der Waals surface area contributed by atoms with Crippen LogP contribution in [0, 0.1) is 0 Å². The molecule has 344 valence electrons. The first-order valence-electron chi connectivity index (χ1n) is 12.5. The molecule has 0 radical (unpaired) electrons. The molecule has 0 amide bonds. The number of alkyl halides is 28. The predicted molar refractivity (Wildman–Crippen MR) is 97.1 cm³/mol. The van der Waals surface area contributed by atoms with Crippen LogP contribution >= 0.6 is 0 Å². The summed E-state index contributed by atoms with van der Waals surface area (Å²) >= 11 is 0. The molecule has 40 heteroatoms. The summed E-state index contributed by atoms with van der Waals surface area (Å²) < 4.78 is 471. The van der Waals surface area contributed by atoms with Crippen LogP contribution in [-0.2, 0) is 18.9 Å². The number of rotatable bonds is 14. The fraction of sp³-hybridized carbons (Fsp3) is 1.00. The standard InChI is InChI=1S/C18H2F32N2O6/c19-5(20)1(55-15(39,40)11(31,32)51(47)48)6(21,22)3(57-17(43,44)13(35,36)53)8(25,26)2(5,56-16(41,42)12(33,34)52(49)50)9(27,28)4(7(1,23)24,10(3,29)30)58-18(45,46)14(37,38)54/h53-54H. The van der Waals surface area contributed by atoms with E-state index in [1.165, 1.54) is 18.9 Å². The van der Waals surface area contributed by atoms with Crippen LogP contribution in [0.1, 0.15) is 0 Å². The minimum Gasteiger partial charge on any atom is -0.329 e. The first kappa shape index (κ1) is 49.8. The predicted octanol–water partition coefficient (Wildman–Crippen LogP) is 7.73. The van der Waals surface area contributed by atoms with Gasteiger partial charge in [0.05, 0.1) is 0 Å². The van der Waals surface area contributed by atoms with Crippen LogP contribution in [0.2, 0.25) is 0 Å². The monoisotopic (exact) mass is 950 g/mol. The molecule has 0 unspecified atom stereocenters. The van der Waals surface area contributed by atoms with E-state index in [0.29, 0.717) is 0 Å². The summed E-state index contributed by atoms with van der Waals surface area (Å²) in [5, 5.41) is 6.74. The lowest BCUT2D eigenvalue weighted by Crippen LogP contribution is -3.13. The third kappa shape index (κ3) is 4.67. The van der Waals surface area contributed by atoms with Gasteiger partial charge in [-0.15, -0.1) is 0 Å². The van der Waals surface area contributed by atoms with Crippen molar-refractivity contribution in [1.82, 2.24) is 10.7 Å². The number of nitrogens with zero attached hydrogens (tertiary/aromatic N) is 2. The van der Waals surface area contributed by atoms with E-state index in [1.807, 2.05) is 0 Å². The highest BCUT2D eigenvalue weighted by Crippen LogP contribution is 2.90. The van der Waals surface area contributed by atoms with E-state index >= 15 is 52.7 Å². The Morgan fingerprint density at radius 1 is 0.293 bits per heavy atom. The van der Waals surface area contributed by atoms with Gasteiger partial charge in [0.1, 0.15) is 10.7 Å².